The minimum Gasteiger partial charge on any atom is -0.352 e. The van der Waals surface area contributed by atoms with Crippen LogP contribution < -0.4 is 10.9 Å². The normalized spacial score (nSPS) is 20.3. The Hall–Kier alpha value is -1.99. The molecule has 3 aromatic rings. The molecule has 0 aliphatic heterocycles. The number of nitrogens with zero attached hydrogens (tertiary/aromatic N) is 2. The molecule has 26 heavy (non-hydrogen) atoms. The smallest absolute Gasteiger partial charge is 0.263 e. The molecule has 1 saturated carbocycles. The maximum atomic E-state index is 13.0. The van der Waals surface area contributed by atoms with Gasteiger partial charge in [0, 0.05) is 21.9 Å². The first-order chi connectivity index (χ1) is 12.6. The number of hydrogen-bond acceptors (Lipinski definition) is 5. The highest BCUT2D eigenvalue weighted by Gasteiger charge is 2.23. The minimum atomic E-state index is -0.147. The number of fused-ring (bicyclic) bond motifs is 1. The topological polar surface area (TPSA) is 64.0 Å². The third-order valence-corrected chi connectivity index (χ3v) is 6.91. The average Bonchev–Trinajstić information content (AvgIpc) is 3.29. The van der Waals surface area contributed by atoms with Crippen LogP contribution in [0.4, 0.5) is 0 Å². The second kappa shape index (κ2) is 7.32. The van der Waals surface area contributed by atoms with Crippen LogP contribution in [-0.4, -0.2) is 21.5 Å². The van der Waals surface area contributed by atoms with Crippen LogP contribution in [0.25, 0.3) is 20.7 Å². The third kappa shape index (κ3) is 3.33. The van der Waals surface area contributed by atoms with E-state index >= 15 is 0 Å². The number of amides is 1. The van der Waals surface area contributed by atoms with E-state index < -0.39 is 0 Å². The van der Waals surface area contributed by atoms with E-state index in [0.717, 1.165) is 34.5 Å². The molecule has 0 bridgehead atoms. The number of carbonyl (C=O) groups excluding carboxylic acids is 1. The second-order valence-electron chi connectivity index (χ2n) is 6.92. The molecule has 3 aromatic heterocycles. The predicted molar refractivity (Wildman–Crippen MR) is 107 cm³/mol. The molecule has 1 aliphatic carbocycles. The molecular formula is C19H21N3O2S2. The molecule has 3 heterocycles. The lowest BCUT2D eigenvalue weighted by Gasteiger charge is -2.29. The summed E-state index contributed by atoms with van der Waals surface area (Å²) in [4.78, 5) is 31.6. The Balaban J connectivity index is 1.59. The molecule has 1 fully saturated rings. The molecule has 1 amide bonds. The van der Waals surface area contributed by atoms with Gasteiger partial charge >= 0.3 is 0 Å². The Morgan fingerprint density at radius 2 is 2.19 bits per heavy atom. The van der Waals surface area contributed by atoms with Gasteiger partial charge in [0.25, 0.3) is 5.56 Å². The van der Waals surface area contributed by atoms with Gasteiger partial charge in [0.05, 0.1) is 11.7 Å². The Kier molecular flexibility index (Phi) is 4.91. The molecule has 1 aliphatic rings. The van der Waals surface area contributed by atoms with Gasteiger partial charge in [0.15, 0.2) is 0 Å². The SMILES string of the molecule is CC1CCCCC1NC(=O)Cn1cnc2scc(-c3cccs3)c2c1=O. The molecule has 136 valence electrons. The highest BCUT2D eigenvalue weighted by atomic mass is 32.1. The number of carbonyl (C=O) groups is 1. The summed E-state index contributed by atoms with van der Waals surface area (Å²) in [5, 5.41) is 7.68. The van der Waals surface area contributed by atoms with Crippen LogP contribution in [0, 0.1) is 5.92 Å². The Morgan fingerprint density at radius 3 is 2.96 bits per heavy atom. The van der Waals surface area contributed by atoms with Crippen LogP contribution in [0.1, 0.15) is 32.6 Å². The molecule has 2 atom stereocenters. The van der Waals surface area contributed by atoms with E-state index in [9.17, 15) is 9.59 Å². The van der Waals surface area contributed by atoms with Gasteiger partial charge in [-0.05, 0) is 30.2 Å². The number of thiophene rings is 2. The average molecular weight is 388 g/mol. The van der Waals surface area contributed by atoms with E-state index in [0.29, 0.717) is 11.3 Å². The van der Waals surface area contributed by atoms with Crippen molar-refractivity contribution >= 4 is 38.8 Å². The molecule has 0 saturated heterocycles. The molecule has 7 heteroatoms. The van der Waals surface area contributed by atoms with Crippen molar-refractivity contribution in [3.8, 4) is 10.4 Å². The molecule has 0 aromatic carbocycles. The van der Waals surface area contributed by atoms with E-state index in [4.69, 9.17) is 0 Å². The summed E-state index contributed by atoms with van der Waals surface area (Å²) >= 11 is 3.06. The molecular weight excluding hydrogens is 366 g/mol. The van der Waals surface area contributed by atoms with Crippen molar-refractivity contribution < 1.29 is 4.79 Å². The lowest BCUT2D eigenvalue weighted by atomic mass is 9.86. The lowest BCUT2D eigenvalue weighted by molar-refractivity contribution is -0.123. The van der Waals surface area contributed by atoms with Crippen LogP contribution >= 0.6 is 22.7 Å². The van der Waals surface area contributed by atoms with E-state index in [1.807, 2.05) is 22.9 Å². The van der Waals surface area contributed by atoms with Gasteiger partial charge in [-0.1, -0.05) is 25.8 Å². The van der Waals surface area contributed by atoms with Gasteiger partial charge in [-0.25, -0.2) is 4.98 Å². The van der Waals surface area contributed by atoms with Gasteiger partial charge in [-0.15, -0.1) is 22.7 Å². The zero-order valence-corrected chi connectivity index (χ0v) is 16.2. The van der Waals surface area contributed by atoms with Crippen molar-refractivity contribution in [2.75, 3.05) is 0 Å². The Morgan fingerprint density at radius 1 is 1.35 bits per heavy atom. The van der Waals surface area contributed by atoms with Crippen LogP contribution in [-0.2, 0) is 11.3 Å². The van der Waals surface area contributed by atoms with Gasteiger partial charge in [0.1, 0.15) is 11.4 Å². The minimum absolute atomic E-state index is 0.0186. The zero-order chi connectivity index (χ0) is 18.1. The maximum Gasteiger partial charge on any atom is 0.263 e. The van der Waals surface area contributed by atoms with Crippen LogP contribution in [0.2, 0.25) is 0 Å². The van der Waals surface area contributed by atoms with Crippen LogP contribution in [0.15, 0.2) is 34.0 Å². The predicted octanol–water partition coefficient (Wildman–Crippen LogP) is 3.88. The van der Waals surface area contributed by atoms with Crippen molar-refractivity contribution in [1.29, 1.82) is 0 Å². The maximum absolute atomic E-state index is 13.0. The Bertz CT molecular complexity index is 974. The van der Waals surface area contributed by atoms with Crippen molar-refractivity contribution in [2.24, 2.45) is 5.92 Å². The first-order valence-corrected chi connectivity index (χ1v) is 10.7. The molecule has 0 radical (unpaired) electrons. The van der Waals surface area contributed by atoms with Crippen LogP contribution in [0.3, 0.4) is 0 Å². The fourth-order valence-electron chi connectivity index (χ4n) is 3.63. The van der Waals surface area contributed by atoms with Crippen molar-refractivity contribution in [1.82, 2.24) is 14.9 Å². The third-order valence-electron chi connectivity index (χ3n) is 5.12. The lowest BCUT2D eigenvalue weighted by Crippen LogP contribution is -2.43. The van der Waals surface area contributed by atoms with E-state index in [-0.39, 0.29) is 24.1 Å². The van der Waals surface area contributed by atoms with E-state index in [2.05, 4.69) is 17.2 Å². The number of hydrogen-bond donors (Lipinski definition) is 1. The van der Waals surface area contributed by atoms with Gasteiger partial charge < -0.3 is 5.32 Å². The summed E-state index contributed by atoms with van der Waals surface area (Å²) in [7, 11) is 0. The highest BCUT2D eigenvalue weighted by molar-refractivity contribution is 7.18. The molecule has 0 spiro atoms. The van der Waals surface area contributed by atoms with Crippen molar-refractivity contribution in [3.63, 3.8) is 0 Å². The molecule has 1 N–H and O–H groups in total. The fourth-order valence-corrected chi connectivity index (χ4v) is 5.35. The second-order valence-corrected chi connectivity index (χ2v) is 8.73. The zero-order valence-electron chi connectivity index (χ0n) is 14.6. The molecule has 5 nitrogen and oxygen atoms in total. The van der Waals surface area contributed by atoms with Crippen molar-refractivity contribution in [3.05, 3.63) is 39.6 Å². The summed E-state index contributed by atoms with van der Waals surface area (Å²) in [6, 6.07) is 4.18. The molecule has 2 unspecified atom stereocenters. The summed E-state index contributed by atoms with van der Waals surface area (Å²) < 4.78 is 1.43. The monoisotopic (exact) mass is 387 g/mol. The van der Waals surface area contributed by atoms with E-state index in [1.54, 1.807) is 11.3 Å². The van der Waals surface area contributed by atoms with Crippen molar-refractivity contribution in [2.45, 2.75) is 45.2 Å². The first kappa shape index (κ1) is 17.4. The fraction of sp³-hybridized carbons (Fsp3) is 0.421. The first-order valence-electron chi connectivity index (χ1n) is 8.93. The van der Waals surface area contributed by atoms with Gasteiger partial charge in [-0.2, -0.15) is 0 Å². The molecule has 4 rings (SSSR count). The van der Waals surface area contributed by atoms with Gasteiger partial charge in [0.2, 0.25) is 5.91 Å². The summed E-state index contributed by atoms with van der Waals surface area (Å²) in [5.74, 6) is 0.382. The quantitative estimate of drug-likeness (QED) is 0.739. The van der Waals surface area contributed by atoms with Gasteiger partial charge in [-0.3, -0.25) is 14.2 Å². The largest absolute Gasteiger partial charge is 0.352 e. The summed E-state index contributed by atoms with van der Waals surface area (Å²) in [5.41, 5.74) is 0.764. The standard InChI is InChI=1S/C19H21N3O2S2/c1-12-5-2-3-6-14(12)21-16(23)9-22-11-20-18-17(19(22)24)13(10-26-18)15-7-4-8-25-15/h4,7-8,10-12,14H,2-3,5-6,9H2,1H3,(H,21,23). The number of nitrogens with one attached hydrogen (secondary N) is 1. The summed E-state index contributed by atoms with van der Waals surface area (Å²) in [6.07, 6.45) is 6.05. The highest BCUT2D eigenvalue weighted by Crippen LogP contribution is 2.33. The Labute approximate surface area is 159 Å². The summed E-state index contributed by atoms with van der Waals surface area (Å²) in [6.45, 7) is 2.20. The number of rotatable bonds is 4. The number of aromatic nitrogens is 2. The van der Waals surface area contributed by atoms with E-state index in [1.165, 1.54) is 28.7 Å². The van der Waals surface area contributed by atoms with Crippen LogP contribution in [0.5, 0.6) is 0 Å².